The minimum Gasteiger partial charge on any atom is -0.372 e. The van der Waals surface area contributed by atoms with Gasteiger partial charge < -0.3 is 4.74 Å². The zero-order chi connectivity index (χ0) is 7.40. The highest BCUT2D eigenvalue weighted by molar-refractivity contribution is 7.99. The van der Waals surface area contributed by atoms with Gasteiger partial charge in [-0.1, -0.05) is 0 Å². The van der Waals surface area contributed by atoms with Crippen LogP contribution in [-0.2, 0) is 4.74 Å². The summed E-state index contributed by atoms with van der Waals surface area (Å²) in [6, 6.07) is 0. The molecule has 0 aromatic heterocycles. The van der Waals surface area contributed by atoms with Gasteiger partial charge in [0.05, 0.1) is 12.2 Å². The monoisotopic (exact) mass is 196 g/mol. The quantitative estimate of drug-likeness (QED) is 0.645. The molecule has 0 aliphatic carbocycles. The number of rotatable bonds is 2. The van der Waals surface area contributed by atoms with E-state index >= 15 is 0 Å². The molecule has 4 heteroatoms. The molecule has 1 nitrogen and oxygen atoms in total. The molecule has 10 heavy (non-hydrogen) atoms. The van der Waals surface area contributed by atoms with E-state index in [9.17, 15) is 0 Å². The van der Waals surface area contributed by atoms with E-state index in [4.69, 9.17) is 4.74 Å². The molecular weight excluding hydrogens is 184 g/mol. The van der Waals surface area contributed by atoms with Crippen LogP contribution in [0.15, 0.2) is 0 Å². The van der Waals surface area contributed by atoms with Crippen LogP contribution >= 0.6 is 37.0 Å². The molecule has 0 aromatic rings. The van der Waals surface area contributed by atoms with Crippen LogP contribution in [0.2, 0.25) is 0 Å². The summed E-state index contributed by atoms with van der Waals surface area (Å²) >= 11 is 10.3. The minimum atomic E-state index is 0.347. The highest BCUT2D eigenvalue weighted by Crippen LogP contribution is 2.19. The summed E-state index contributed by atoms with van der Waals surface area (Å²) in [5.74, 6) is 3.84. The second kappa shape index (κ2) is 4.80. The summed E-state index contributed by atoms with van der Waals surface area (Å²) in [7, 11) is 0. The van der Waals surface area contributed by atoms with E-state index < -0.39 is 0 Å². The fourth-order valence-corrected chi connectivity index (χ4v) is 2.71. The Hall–Kier alpha value is 1.01. The Balaban J connectivity index is 2.25. The van der Waals surface area contributed by atoms with Crippen molar-refractivity contribution in [3.8, 4) is 0 Å². The Morgan fingerprint density at radius 3 is 2.10 bits per heavy atom. The molecule has 1 aliphatic rings. The van der Waals surface area contributed by atoms with Crippen LogP contribution in [0.4, 0.5) is 0 Å². The van der Waals surface area contributed by atoms with Crippen LogP contribution in [-0.4, -0.2) is 35.2 Å². The fourth-order valence-electron chi connectivity index (χ4n) is 0.873. The van der Waals surface area contributed by atoms with Gasteiger partial charge in [-0.05, 0) is 0 Å². The first-order valence-electron chi connectivity index (χ1n) is 3.31. The van der Waals surface area contributed by atoms with Gasteiger partial charge in [0.15, 0.2) is 0 Å². The van der Waals surface area contributed by atoms with Crippen LogP contribution in [0.5, 0.6) is 0 Å². The van der Waals surface area contributed by atoms with Gasteiger partial charge in [0.2, 0.25) is 0 Å². The van der Waals surface area contributed by atoms with Crippen LogP contribution in [0, 0.1) is 0 Å². The lowest BCUT2D eigenvalue weighted by atomic mass is 10.4. The first-order valence-corrected chi connectivity index (χ1v) is 5.73. The summed E-state index contributed by atoms with van der Waals surface area (Å²) in [5.41, 5.74) is 0. The average Bonchev–Trinajstić information content (AvgIpc) is 2.05. The maximum Gasteiger partial charge on any atom is 0.0757 e. The van der Waals surface area contributed by atoms with Gasteiger partial charge in [0.25, 0.3) is 0 Å². The Morgan fingerprint density at radius 2 is 1.70 bits per heavy atom. The third-order valence-electron chi connectivity index (χ3n) is 1.40. The average molecular weight is 196 g/mol. The standard InChI is InChI=1S/C6H12OS3/c8-1-5-3-10-4-6(2-9)7-5/h5-6,8-9H,1-4H2. The zero-order valence-electron chi connectivity index (χ0n) is 5.69. The summed E-state index contributed by atoms with van der Waals surface area (Å²) in [5, 5.41) is 0. The lowest BCUT2D eigenvalue weighted by Crippen LogP contribution is -2.33. The molecule has 0 aromatic carbocycles. The Bertz CT molecular complexity index is 89.0. The van der Waals surface area contributed by atoms with E-state index in [0.29, 0.717) is 12.2 Å². The lowest BCUT2D eigenvalue weighted by molar-refractivity contribution is 0.0350. The summed E-state index contributed by atoms with van der Waals surface area (Å²) in [6.45, 7) is 0. The lowest BCUT2D eigenvalue weighted by Gasteiger charge is -2.27. The van der Waals surface area contributed by atoms with Crippen molar-refractivity contribution in [1.82, 2.24) is 0 Å². The van der Waals surface area contributed by atoms with E-state index in [2.05, 4.69) is 25.3 Å². The SMILES string of the molecule is SCC1CSCC(CS)O1. The molecule has 0 saturated carbocycles. The first-order chi connectivity index (χ1) is 4.86. The summed E-state index contributed by atoms with van der Waals surface area (Å²) in [4.78, 5) is 0. The van der Waals surface area contributed by atoms with E-state index in [-0.39, 0.29) is 0 Å². The Labute approximate surface area is 77.1 Å². The second-order valence-corrected chi connectivity index (χ2v) is 4.09. The van der Waals surface area contributed by atoms with Crippen LogP contribution in [0.1, 0.15) is 0 Å². The van der Waals surface area contributed by atoms with Gasteiger partial charge in [-0.2, -0.15) is 37.0 Å². The van der Waals surface area contributed by atoms with Crippen molar-refractivity contribution in [2.75, 3.05) is 23.0 Å². The number of thiol groups is 2. The van der Waals surface area contributed by atoms with Crippen LogP contribution < -0.4 is 0 Å². The van der Waals surface area contributed by atoms with E-state index in [1.165, 1.54) is 0 Å². The molecule has 0 bridgehead atoms. The van der Waals surface area contributed by atoms with Crippen molar-refractivity contribution >= 4 is 37.0 Å². The molecular formula is C6H12OS3. The fraction of sp³-hybridized carbons (Fsp3) is 1.00. The van der Waals surface area contributed by atoms with E-state index in [1.807, 2.05) is 11.8 Å². The normalized spacial score (nSPS) is 34.2. The van der Waals surface area contributed by atoms with Gasteiger partial charge in [-0.15, -0.1) is 0 Å². The van der Waals surface area contributed by atoms with Gasteiger partial charge in [-0.3, -0.25) is 0 Å². The van der Waals surface area contributed by atoms with Crippen molar-refractivity contribution in [1.29, 1.82) is 0 Å². The molecule has 2 unspecified atom stereocenters. The van der Waals surface area contributed by atoms with Gasteiger partial charge >= 0.3 is 0 Å². The van der Waals surface area contributed by atoms with E-state index in [1.54, 1.807) is 0 Å². The highest BCUT2D eigenvalue weighted by atomic mass is 32.2. The zero-order valence-corrected chi connectivity index (χ0v) is 8.30. The van der Waals surface area contributed by atoms with E-state index in [0.717, 1.165) is 23.0 Å². The summed E-state index contributed by atoms with van der Waals surface area (Å²) in [6.07, 6.45) is 0.693. The molecule has 0 amide bonds. The molecule has 60 valence electrons. The van der Waals surface area contributed by atoms with Gasteiger partial charge in [0, 0.05) is 23.0 Å². The van der Waals surface area contributed by atoms with Crippen molar-refractivity contribution in [3.63, 3.8) is 0 Å². The molecule has 1 heterocycles. The van der Waals surface area contributed by atoms with Crippen molar-refractivity contribution in [3.05, 3.63) is 0 Å². The number of thioether (sulfide) groups is 1. The third kappa shape index (κ3) is 2.57. The number of hydrogen-bond donors (Lipinski definition) is 2. The van der Waals surface area contributed by atoms with Gasteiger partial charge in [0.1, 0.15) is 0 Å². The number of hydrogen-bond acceptors (Lipinski definition) is 4. The van der Waals surface area contributed by atoms with Crippen LogP contribution in [0.3, 0.4) is 0 Å². The molecule has 2 atom stereocenters. The molecule has 0 N–H and O–H groups in total. The largest absolute Gasteiger partial charge is 0.372 e. The Kier molecular flexibility index (Phi) is 4.37. The highest BCUT2D eigenvalue weighted by Gasteiger charge is 2.19. The summed E-state index contributed by atoms with van der Waals surface area (Å²) < 4.78 is 5.61. The van der Waals surface area contributed by atoms with Crippen molar-refractivity contribution < 1.29 is 4.74 Å². The predicted octanol–water partition coefficient (Wildman–Crippen LogP) is 1.35. The molecule has 1 fully saturated rings. The smallest absolute Gasteiger partial charge is 0.0757 e. The topological polar surface area (TPSA) is 9.23 Å². The number of ether oxygens (including phenoxy) is 1. The third-order valence-corrected chi connectivity index (χ3v) is 3.43. The minimum absolute atomic E-state index is 0.347. The predicted molar refractivity (Wildman–Crippen MR) is 53.7 cm³/mol. The van der Waals surface area contributed by atoms with Crippen LogP contribution in [0.25, 0.3) is 0 Å². The Morgan fingerprint density at radius 1 is 1.20 bits per heavy atom. The first kappa shape index (κ1) is 9.10. The van der Waals surface area contributed by atoms with Crippen molar-refractivity contribution in [2.45, 2.75) is 12.2 Å². The molecule has 0 spiro atoms. The second-order valence-electron chi connectivity index (χ2n) is 2.28. The maximum absolute atomic E-state index is 5.61. The maximum atomic E-state index is 5.61. The molecule has 0 radical (unpaired) electrons. The molecule has 1 saturated heterocycles. The molecule has 1 rings (SSSR count). The van der Waals surface area contributed by atoms with Crippen molar-refractivity contribution in [2.24, 2.45) is 0 Å². The van der Waals surface area contributed by atoms with Gasteiger partial charge in [-0.25, -0.2) is 0 Å². The molecule has 1 aliphatic heterocycles.